The van der Waals surface area contributed by atoms with Gasteiger partial charge in [-0.1, -0.05) is 17.7 Å². The van der Waals surface area contributed by atoms with Crippen LogP contribution in [0.5, 0.6) is 0 Å². The molecule has 10 heteroatoms. The Hall–Kier alpha value is -1.71. The molecule has 160 valence electrons. The highest BCUT2D eigenvalue weighted by Crippen LogP contribution is 2.22. The number of piperazine rings is 1. The molecular weight excluding hydrogens is 421 g/mol. The van der Waals surface area contributed by atoms with Crippen LogP contribution in [0.15, 0.2) is 18.2 Å². The van der Waals surface area contributed by atoms with Crippen molar-refractivity contribution in [1.82, 2.24) is 14.7 Å². The van der Waals surface area contributed by atoms with Gasteiger partial charge >= 0.3 is 0 Å². The number of benzene rings is 1. The van der Waals surface area contributed by atoms with E-state index in [1.807, 2.05) is 4.90 Å². The van der Waals surface area contributed by atoms with E-state index in [0.717, 1.165) is 0 Å². The number of halogens is 2. The normalized spacial score (nSPS) is 21.9. The van der Waals surface area contributed by atoms with E-state index in [4.69, 9.17) is 11.6 Å². The Morgan fingerprint density at radius 2 is 1.93 bits per heavy atom. The standard InChI is InChI=1S/C19H25ClFN3O4S/c1-22(11-15-16(20)3-2-4-17(15)21)18(25)12-23-6-8-24(9-7-23)19(26)14-5-10-29(27,28)13-14/h2-4,14H,5-13H2,1H3/t14-/m0/s1. The van der Waals surface area contributed by atoms with Gasteiger partial charge in [0.1, 0.15) is 5.82 Å². The van der Waals surface area contributed by atoms with Crippen LogP contribution >= 0.6 is 11.6 Å². The molecule has 2 amide bonds. The van der Waals surface area contributed by atoms with Gasteiger partial charge in [-0.2, -0.15) is 0 Å². The molecule has 2 heterocycles. The van der Waals surface area contributed by atoms with Crippen molar-refractivity contribution >= 4 is 33.3 Å². The summed E-state index contributed by atoms with van der Waals surface area (Å²) in [7, 11) is -1.49. The van der Waals surface area contributed by atoms with E-state index < -0.39 is 21.6 Å². The zero-order valence-corrected chi connectivity index (χ0v) is 17.9. The van der Waals surface area contributed by atoms with Crippen LogP contribution in [0.25, 0.3) is 0 Å². The summed E-state index contributed by atoms with van der Waals surface area (Å²) in [4.78, 5) is 30.1. The summed E-state index contributed by atoms with van der Waals surface area (Å²) in [5.41, 5.74) is 0.284. The van der Waals surface area contributed by atoms with Gasteiger partial charge in [0.2, 0.25) is 11.8 Å². The van der Waals surface area contributed by atoms with Crippen molar-refractivity contribution in [2.45, 2.75) is 13.0 Å². The number of likely N-dealkylation sites (N-methyl/N-ethyl adjacent to an activating group) is 1. The summed E-state index contributed by atoms with van der Waals surface area (Å²) in [5.74, 6) is -1.14. The minimum atomic E-state index is -3.09. The Kier molecular flexibility index (Phi) is 6.80. The van der Waals surface area contributed by atoms with E-state index in [9.17, 15) is 22.4 Å². The van der Waals surface area contributed by atoms with E-state index in [0.29, 0.717) is 32.6 Å². The van der Waals surface area contributed by atoms with Crippen LogP contribution < -0.4 is 0 Å². The van der Waals surface area contributed by atoms with Crippen molar-refractivity contribution < 1.29 is 22.4 Å². The summed E-state index contributed by atoms with van der Waals surface area (Å²) < 4.78 is 37.1. The van der Waals surface area contributed by atoms with Gasteiger partial charge < -0.3 is 9.80 Å². The second kappa shape index (κ2) is 8.97. The van der Waals surface area contributed by atoms with Gasteiger partial charge in [-0.3, -0.25) is 14.5 Å². The lowest BCUT2D eigenvalue weighted by molar-refractivity contribution is -0.137. The van der Waals surface area contributed by atoms with Crippen LogP contribution in [0.1, 0.15) is 12.0 Å². The number of amides is 2. The first-order valence-corrected chi connectivity index (χ1v) is 11.7. The highest BCUT2D eigenvalue weighted by atomic mass is 35.5. The van der Waals surface area contributed by atoms with Crippen LogP contribution in [0.4, 0.5) is 4.39 Å². The average Bonchev–Trinajstić information content (AvgIpc) is 3.04. The first kappa shape index (κ1) is 22.0. The highest BCUT2D eigenvalue weighted by molar-refractivity contribution is 7.91. The zero-order valence-electron chi connectivity index (χ0n) is 16.3. The predicted octanol–water partition coefficient (Wildman–Crippen LogP) is 1.02. The van der Waals surface area contributed by atoms with Crippen molar-refractivity contribution in [3.8, 4) is 0 Å². The molecule has 29 heavy (non-hydrogen) atoms. The lowest BCUT2D eigenvalue weighted by atomic mass is 10.1. The zero-order chi connectivity index (χ0) is 21.2. The summed E-state index contributed by atoms with van der Waals surface area (Å²) in [5, 5.41) is 0.283. The molecule has 0 bridgehead atoms. The smallest absolute Gasteiger partial charge is 0.236 e. The molecule has 2 aliphatic heterocycles. The first-order chi connectivity index (χ1) is 13.7. The molecule has 0 aliphatic carbocycles. The van der Waals surface area contributed by atoms with E-state index in [-0.39, 0.29) is 47.0 Å². The summed E-state index contributed by atoms with van der Waals surface area (Å²) in [6, 6.07) is 4.42. The van der Waals surface area contributed by atoms with Gasteiger partial charge in [-0.05, 0) is 18.6 Å². The van der Waals surface area contributed by atoms with E-state index >= 15 is 0 Å². The quantitative estimate of drug-likeness (QED) is 0.676. The fraction of sp³-hybridized carbons (Fsp3) is 0.579. The Labute approximate surface area is 175 Å². The number of sulfone groups is 1. The molecule has 2 aliphatic rings. The molecule has 2 fully saturated rings. The van der Waals surface area contributed by atoms with Crippen molar-refractivity contribution in [1.29, 1.82) is 0 Å². The average molecular weight is 446 g/mol. The monoisotopic (exact) mass is 445 g/mol. The van der Waals surface area contributed by atoms with Gasteiger partial charge in [0.25, 0.3) is 0 Å². The van der Waals surface area contributed by atoms with Crippen LogP contribution in [-0.2, 0) is 26.0 Å². The predicted molar refractivity (Wildman–Crippen MR) is 108 cm³/mol. The summed E-state index contributed by atoms with van der Waals surface area (Å²) >= 11 is 6.02. The third-order valence-electron chi connectivity index (χ3n) is 5.51. The number of rotatable bonds is 5. The summed E-state index contributed by atoms with van der Waals surface area (Å²) in [6.45, 7) is 2.24. The number of carbonyl (C=O) groups is 2. The Morgan fingerprint density at radius 3 is 2.52 bits per heavy atom. The third kappa shape index (κ3) is 5.46. The van der Waals surface area contributed by atoms with Crippen LogP contribution in [0.2, 0.25) is 5.02 Å². The van der Waals surface area contributed by atoms with Gasteiger partial charge in [0.15, 0.2) is 9.84 Å². The third-order valence-corrected chi connectivity index (χ3v) is 7.63. The molecule has 1 atom stereocenters. The van der Waals surface area contributed by atoms with Crippen molar-refractivity contribution in [3.05, 3.63) is 34.6 Å². The molecule has 1 aromatic rings. The van der Waals surface area contributed by atoms with Gasteiger partial charge in [0.05, 0.1) is 24.0 Å². The molecule has 0 radical (unpaired) electrons. The minimum Gasteiger partial charge on any atom is -0.340 e. The number of nitrogens with zero attached hydrogens (tertiary/aromatic N) is 3. The molecule has 1 aromatic carbocycles. The molecule has 0 unspecified atom stereocenters. The molecular formula is C19H25ClFN3O4S. The fourth-order valence-corrected chi connectivity index (χ4v) is 5.65. The molecule has 0 saturated carbocycles. The number of carbonyl (C=O) groups excluding carboxylic acids is 2. The Morgan fingerprint density at radius 1 is 1.24 bits per heavy atom. The lowest BCUT2D eigenvalue weighted by Gasteiger charge is -2.36. The van der Waals surface area contributed by atoms with Gasteiger partial charge in [0, 0.05) is 50.4 Å². The first-order valence-electron chi connectivity index (χ1n) is 9.54. The molecule has 0 aromatic heterocycles. The van der Waals surface area contributed by atoms with Crippen molar-refractivity contribution in [2.24, 2.45) is 5.92 Å². The van der Waals surface area contributed by atoms with E-state index in [1.165, 1.54) is 17.0 Å². The summed E-state index contributed by atoms with van der Waals surface area (Å²) in [6.07, 6.45) is 0.392. The number of hydrogen-bond donors (Lipinski definition) is 0. The fourth-order valence-electron chi connectivity index (χ4n) is 3.70. The molecule has 0 N–H and O–H groups in total. The SMILES string of the molecule is CN(Cc1c(F)cccc1Cl)C(=O)CN1CCN(C(=O)[C@H]2CCS(=O)(=O)C2)CC1. The maximum Gasteiger partial charge on any atom is 0.236 e. The maximum absolute atomic E-state index is 13.9. The van der Waals surface area contributed by atoms with E-state index in [1.54, 1.807) is 18.0 Å². The second-order valence-electron chi connectivity index (χ2n) is 7.65. The molecule has 3 rings (SSSR count). The molecule has 0 spiro atoms. The topological polar surface area (TPSA) is 78.0 Å². The second-order valence-corrected chi connectivity index (χ2v) is 10.3. The van der Waals surface area contributed by atoms with Crippen LogP contribution in [-0.4, -0.2) is 86.2 Å². The largest absolute Gasteiger partial charge is 0.340 e. The Bertz CT molecular complexity index is 867. The molecule has 7 nitrogen and oxygen atoms in total. The highest BCUT2D eigenvalue weighted by Gasteiger charge is 2.36. The van der Waals surface area contributed by atoms with Gasteiger partial charge in [-0.15, -0.1) is 0 Å². The van der Waals surface area contributed by atoms with Crippen molar-refractivity contribution in [2.75, 3.05) is 51.3 Å². The van der Waals surface area contributed by atoms with E-state index in [2.05, 4.69) is 0 Å². The Balaban J connectivity index is 1.47. The molecule has 2 saturated heterocycles. The minimum absolute atomic E-state index is 0.0616. The van der Waals surface area contributed by atoms with Crippen LogP contribution in [0, 0.1) is 11.7 Å². The maximum atomic E-state index is 13.9. The lowest BCUT2D eigenvalue weighted by Crippen LogP contribution is -2.52. The van der Waals surface area contributed by atoms with Gasteiger partial charge in [-0.25, -0.2) is 12.8 Å². The van der Waals surface area contributed by atoms with Crippen LogP contribution in [0.3, 0.4) is 0 Å². The van der Waals surface area contributed by atoms with Crippen molar-refractivity contribution in [3.63, 3.8) is 0 Å². The number of hydrogen-bond acceptors (Lipinski definition) is 5.